The Bertz CT molecular complexity index is 1880. The predicted molar refractivity (Wildman–Crippen MR) is 163 cm³/mol. The fourth-order valence-electron chi connectivity index (χ4n) is 6.59. The molecule has 1 unspecified atom stereocenters. The molecule has 5 heterocycles. The van der Waals surface area contributed by atoms with E-state index in [1.165, 1.54) is 12.1 Å². The van der Waals surface area contributed by atoms with E-state index in [0.717, 1.165) is 35.3 Å². The molecule has 0 bridgehead atoms. The third-order valence-corrected chi connectivity index (χ3v) is 10.4. The van der Waals surface area contributed by atoms with Crippen molar-refractivity contribution in [3.05, 3.63) is 33.4 Å². The SMILES string of the molecule is N#CC(F)(F)CN1CCOc2c(I)c(-c3ccc(F)c4sc(N)[c-]c34)c(F)c3nc(OC[C@@]45CCCN4CC(F)C5)nc1c23.[Ce]. The van der Waals surface area contributed by atoms with Gasteiger partial charge in [0.15, 0.2) is 0 Å². The Morgan fingerprint density at radius 3 is 2.87 bits per heavy atom. The largest absolute Gasteiger partial charge is 0.490 e. The molecule has 2 N–H and O–H groups in total. The molecular weight excluding hydrogens is 858 g/mol. The number of anilines is 2. The van der Waals surface area contributed by atoms with Gasteiger partial charge in [0.05, 0.1) is 33.4 Å². The summed E-state index contributed by atoms with van der Waals surface area (Å²) >= 11 is 2.87. The van der Waals surface area contributed by atoms with Crippen LogP contribution in [0.2, 0.25) is 0 Å². The van der Waals surface area contributed by atoms with Crippen LogP contribution in [-0.4, -0.2) is 71.9 Å². The smallest absolute Gasteiger partial charge is 0.349 e. The number of rotatable bonds is 6. The summed E-state index contributed by atoms with van der Waals surface area (Å²) in [6, 6.07) is 6.24. The molecule has 0 radical (unpaired) electrons. The predicted octanol–water partition coefficient (Wildman–Crippen LogP) is 6.09. The fourth-order valence-corrected chi connectivity index (χ4v) is 8.34. The summed E-state index contributed by atoms with van der Waals surface area (Å²) in [7, 11) is 0. The molecule has 3 aliphatic heterocycles. The maximum absolute atomic E-state index is 16.8. The van der Waals surface area contributed by atoms with Crippen LogP contribution in [-0.2, 0) is 0 Å². The second-order valence-electron chi connectivity index (χ2n) is 11.2. The van der Waals surface area contributed by atoms with Crippen LogP contribution in [0, 0.1) is 74.3 Å². The van der Waals surface area contributed by atoms with Gasteiger partial charge in [0.1, 0.15) is 48.4 Å². The number of fused-ring (bicyclic) bond motifs is 2. The summed E-state index contributed by atoms with van der Waals surface area (Å²) in [5.74, 6) is -5.05. The number of ether oxygens (including phenoxy) is 2. The topological polar surface area (TPSA) is 101 Å². The van der Waals surface area contributed by atoms with Gasteiger partial charge in [-0.15, -0.1) is 17.7 Å². The van der Waals surface area contributed by atoms with E-state index >= 15 is 4.39 Å². The molecule has 0 saturated carbocycles. The number of nitrogen functional groups attached to an aromatic ring is 1. The first-order valence-electron chi connectivity index (χ1n) is 13.8. The number of hydrogen-bond donors (Lipinski definition) is 1. The average molecular weight is 882 g/mol. The van der Waals surface area contributed by atoms with Crippen molar-refractivity contribution in [2.24, 2.45) is 0 Å². The molecule has 2 saturated heterocycles. The summed E-state index contributed by atoms with van der Waals surface area (Å²) in [5.41, 5.74) is 5.42. The van der Waals surface area contributed by atoms with Crippen LogP contribution in [0.1, 0.15) is 19.3 Å². The van der Waals surface area contributed by atoms with Crippen molar-refractivity contribution in [3.8, 4) is 29.0 Å². The van der Waals surface area contributed by atoms with Crippen LogP contribution in [0.3, 0.4) is 0 Å². The molecule has 2 fully saturated rings. The minimum absolute atomic E-state index is 0. The molecule has 8 nitrogen and oxygen atoms in total. The molecule has 3 aliphatic rings. The first kappa shape index (κ1) is 33.1. The van der Waals surface area contributed by atoms with E-state index in [1.807, 2.05) is 27.5 Å². The second kappa shape index (κ2) is 12.3. The minimum Gasteiger partial charge on any atom is -0.490 e. The van der Waals surface area contributed by atoms with E-state index in [9.17, 15) is 17.6 Å². The zero-order valence-corrected chi connectivity index (χ0v) is 29.5. The van der Waals surface area contributed by atoms with Gasteiger partial charge < -0.3 is 20.1 Å². The fraction of sp³-hybridized carbons (Fsp3) is 0.414. The molecule has 4 aromatic rings. The molecule has 234 valence electrons. The van der Waals surface area contributed by atoms with Crippen LogP contribution < -0.4 is 20.1 Å². The Balaban J connectivity index is 0.00000357. The Hall–Kier alpha value is -1.85. The maximum atomic E-state index is 16.8. The Labute approximate surface area is 305 Å². The van der Waals surface area contributed by atoms with Gasteiger partial charge in [-0.2, -0.15) is 40.7 Å². The average Bonchev–Trinajstić information content (AvgIpc) is 3.61. The second-order valence-corrected chi connectivity index (χ2v) is 13.4. The van der Waals surface area contributed by atoms with Crippen molar-refractivity contribution in [1.29, 1.82) is 5.26 Å². The van der Waals surface area contributed by atoms with Crippen LogP contribution in [0.5, 0.6) is 11.8 Å². The summed E-state index contributed by atoms with van der Waals surface area (Å²) in [6.07, 6.45) is 0.819. The molecular formula is C29H23CeF5IN6O2S-. The van der Waals surface area contributed by atoms with Gasteiger partial charge in [-0.3, -0.25) is 4.90 Å². The van der Waals surface area contributed by atoms with Gasteiger partial charge in [-0.1, -0.05) is 0 Å². The van der Waals surface area contributed by atoms with Crippen LogP contribution >= 0.6 is 33.9 Å². The number of alkyl halides is 3. The third-order valence-electron chi connectivity index (χ3n) is 8.47. The molecule has 45 heavy (non-hydrogen) atoms. The summed E-state index contributed by atoms with van der Waals surface area (Å²) in [5, 5.41) is 9.58. The molecule has 7 rings (SSSR count). The van der Waals surface area contributed by atoms with Gasteiger partial charge >= 0.3 is 11.9 Å². The Morgan fingerprint density at radius 2 is 2.09 bits per heavy atom. The number of nitrogens with zero attached hydrogens (tertiary/aromatic N) is 5. The van der Waals surface area contributed by atoms with Crippen molar-refractivity contribution in [2.75, 3.05) is 50.0 Å². The summed E-state index contributed by atoms with van der Waals surface area (Å²) in [4.78, 5) is 12.0. The van der Waals surface area contributed by atoms with Crippen molar-refractivity contribution in [1.82, 2.24) is 14.9 Å². The molecule has 2 aromatic carbocycles. The van der Waals surface area contributed by atoms with E-state index < -0.39 is 35.8 Å². The van der Waals surface area contributed by atoms with Crippen molar-refractivity contribution in [2.45, 2.75) is 36.9 Å². The van der Waals surface area contributed by atoms with Crippen LogP contribution in [0.15, 0.2) is 12.1 Å². The number of thiophene rings is 1. The summed E-state index contributed by atoms with van der Waals surface area (Å²) in [6.45, 7) is -0.176. The molecule has 16 heteroatoms. The van der Waals surface area contributed by atoms with Gasteiger partial charge in [-0.25, -0.2) is 13.2 Å². The maximum Gasteiger partial charge on any atom is 0.349 e. The summed E-state index contributed by atoms with van der Waals surface area (Å²) < 4.78 is 87.2. The van der Waals surface area contributed by atoms with E-state index in [2.05, 4.69) is 16.0 Å². The zero-order chi connectivity index (χ0) is 31.0. The monoisotopic (exact) mass is 881 g/mol. The van der Waals surface area contributed by atoms with Crippen LogP contribution in [0.4, 0.5) is 32.8 Å². The van der Waals surface area contributed by atoms with Gasteiger partial charge in [0.25, 0.3) is 0 Å². The molecule has 2 atom stereocenters. The molecule has 2 aromatic heterocycles. The van der Waals surface area contributed by atoms with E-state index in [-0.39, 0.29) is 133 Å². The Kier molecular flexibility index (Phi) is 9.04. The number of nitrogens with two attached hydrogens (primary N) is 1. The number of benzene rings is 2. The standard InChI is InChI=1S/C29H23F5IN6O2S.Ce/c30-14-9-28(4-1-5-41(28)10-14)13-43-27-38-23-20-24(42-7-6-40(26(20)39-27)12-29(33,34)11-36)22(35)19(21(23)32)15-2-3-17(31)25-16(15)8-18(37)44-25;/h2-3,14H,1,4-7,9-10,12-13,37H2;/q-1;/t14?,28-;/m0./s1. The van der Waals surface area contributed by atoms with Crippen molar-refractivity contribution >= 4 is 65.7 Å². The first-order chi connectivity index (χ1) is 21.0. The third kappa shape index (κ3) is 5.70. The van der Waals surface area contributed by atoms with Crippen LogP contribution in [0.25, 0.3) is 32.1 Å². The first-order valence-corrected chi connectivity index (χ1v) is 15.7. The van der Waals surface area contributed by atoms with Gasteiger partial charge in [0, 0.05) is 59.7 Å². The van der Waals surface area contributed by atoms with E-state index in [0.29, 0.717) is 6.42 Å². The number of nitriles is 1. The quantitative estimate of drug-likeness (QED) is 0.141. The minimum atomic E-state index is -3.74. The number of aromatic nitrogens is 2. The number of halogens is 6. The molecule has 0 amide bonds. The zero-order valence-electron chi connectivity index (χ0n) is 23.4. The van der Waals surface area contributed by atoms with Gasteiger partial charge in [0.2, 0.25) is 0 Å². The number of hydrogen-bond acceptors (Lipinski definition) is 9. The normalized spacial score (nSPS) is 21.4. The van der Waals surface area contributed by atoms with Gasteiger partial charge in [-0.05, 0) is 58.3 Å². The van der Waals surface area contributed by atoms with E-state index in [4.69, 9.17) is 20.5 Å². The van der Waals surface area contributed by atoms with Crippen molar-refractivity contribution in [3.63, 3.8) is 0 Å². The van der Waals surface area contributed by atoms with E-state index in [1.54, 1.807) is 0 Å². The van der Waals surface area contributed by atoms with Crippen molar-refractivity contribution < 1.29 is 73.2 Å². The molecule has 0 spiro atoms. The molecule has 0 aliphatic carbocycles. The Morgan fingerprint density at radius 1 is 1.29 bits per heavy atom.